The minimum atomic E-state index is -0.584. The van der Waals surface area contributed by atoms with Crippen LogP contribution < -0.4 is 0 Å². The summed E-state index contributed by atoms with van der Waals surface area (Å²) in [6.07, 6.45) is 7.55. The van der Waals surface area contributed by atoms with Crippen molar-refractivity contribution in [1.29, 1.82) is 0 Å². The topological polar surface area (TPSA) is 27.7 Å². The van der Waals surface area contributed by atoms with Crippen molar-refractivity contribution >= 4 is 0 Å². The first kappa shape index (κ1) is 14.0. The molecule has 0 bridgehead atoms. The Balaban J connectivity index is 2.81. The molecule has 0 aromatic carbocycles. The summed E-state index contributed by atoms with van der Waals surface area (Å²) in [6, 6.07) is 0. The van der Waals surface area contributed by atoms with Gasteiger partial charge in [-0.25, -0.2) is 0 Å². The highest BCUT2D eigenvalue weighted by Gasteiger charge is 2.42. The van der Waals surface area contributed by atoms with E-state index in [-0.39, 0.29) is 12.2 Å². The molecule has 0 radical (unpaired) electrons. The molecular formula is C14H20O3. The van der Waals surface area contributed by atoms with Gasteiger partial charge in [-0.15, -0.1) is 5.92 Å². The van der Waals surface area contributed by atoms with E-state index in [4.69, 9.17) is 14.2 Å². The van der Waals surface area contributed by atoms with Crippen molar-refractivity contribution in [2.45, 2.75) is 31.7 Å². The number of methoxy groups -OCH3 is 2. The molecule has 0 aromatic heterocycles. The molecule has 0 saturated heterocycles. The van der Waals surface area contributed by atoms with Gasteiger partial charge >= 0.3 is 0 Å². The Morgan fingerprint density at radius 3 is 2.71 bits per heavy atom. The number of hydrogen-bond acceptors (Lipinski definition) is 3. The Kier molecular flexibility index (Phi) is 5.43. The molecule has 3 heteroatoms. The van der Waals surface area contributed by atoms with Crippen LogP contribution >= 0.6 is 0 Å². The van der Waals surface area contributed by atoms with Gasteiger partial charge in [-0.2, -0.15) is 0 Å². The molecule has 0 aromatic rings. The standard InChI is InChI=1S/C14H20O3/c1-5-6-11-17-12(2)14(16-4)10-8-7-9-13(14)15-3/h7-10,12-13H,11H2,1-4H3. The van der Waals surface area contributed by atoms with E-state index in [9.17, 15) is 0 Å². The monoisotopic (exact) mass is 236 g/mol. The molecule has 17 heavy (non-hydrogen) atoms. The zero-order chi connectivity index (χ0) is 12.7. The summed E-state index contributed by atoms with van der Waals surface area (Å²) in [4.78, 5) is 0. The molecule has 0 spiro atoms. The summed E-state index contributed by atoms with van der Waals surface area (Å²) in [5.41, 5.74) is -0.584. The van der Waals surface area contributed by atoms with Crippen LogP contribution in [0.2, 0.25) is 0 Å². The maximum absolute atomic E-state index is 5.68. The summed E-state index contributed by atoms with van der Waals surface area (Å²) >= 11 is 0. The van der Waals surface area contributed by atoms with E-state index in [2.05, 4.69) is 11.8 Å². The number of hydrogen-bond donors (Lipinski definition) is 0. The van der Waals surface area contributed by atoms with Crippen LogP contribution in [0.4, 0.5) is 0 Å². The van der Waals surface area contributed by atoms with Crippen LogP contribution in [0.1, 0.15) is 13.8 Å². The quantitative estimate of drug-likeness (QED) is 0.683. The first-order valence-electron chi connectivity index (χ1n) is 5.66. The number of rotatable bonds is 5. The van der Waals surface area contributed by atoms with E-state index >= 15 is 0 Å². The smallest absolute Gasteiger partial charge is 0.141 e. The maximum Gasteiger partial charge on any atom is 0.141 e. The summed E-state index contributed by atoms with van der Waals surface area (Å²) in [5, 5.41) is 0. The van der Waals surface area contributed by atoms with E-state index in [1.54, 1.807) is 21.1 Å². The average Bonchev–Trinajstić information content (AvgIpc) is 2.38. The Morgan fingerprint density at radius 2 is 2.12 bits per heavy atom. The minimum Gasteiger partial charge on any atom is -0.374 e. The third kappa shape index (κ3) is 2.98. The lowest BCUT2D eigenvalue weighted by Gasteiger charge is -2.40. The minimum absolute atomic E-state index is 0.139. The predicted octanol–water partition coefficient (Wildman–Crippen LogP) is 1.94. The Morgan fingerprint density at radius 1 is 1.35 bits per heavy atom. The van der Waals surface area contributed by atoms with Gasteiger partial charge in [0.15, 0.2) is 0 Å². The molecule has 94 valence electrons. The highest BCUT2D eigenvalue weighted by Crippen LogP contribution is 2.30. The summed E-state index contributed by atoms with van der Waals surface area (Å²) < 4.78 is 16.8. The number of ether oxygens (including phenoxy) is 3. The predicted molar refractivity (Wildman–Crippen MR) is 67.7 cm³/mol. The van der Waals surface area contributed by atoms with Gasteiger partial charge in [-0.05, 0) is 19.9 Å². The summed E-state index contributed by atoms with van der Waals surface area (Å²) in [5.74, 6) is 5.68. The van der Waals surface area contributed by atoms with Crippen molar-refractivity contribution in [1.82, 2.24) is 0 Å². The number of allylic oxidation sites excluding steroid dienone is 2. The fourth-order valence-corrected chi connectivity index (χ4v) is 1.97. The average molecular weight is 236 g/mol. The molecule has 1 aliphatic carbocycles. The highest BCUT2D eigenvalue weighted by molar-refractivity contribution is 5.25. The molecule has 0 saturated carbocycles. The maximum atomic E-state index is 5.68. The van der Waals surface area contributed by atoms with E-state index in [0.29, 0.717) is 6.61 Å². The highest BCUT2D eigenvalue weighted by atomic mass is 16.6. The van der Waals surface area contributed by atoms with E-state index in [0.717, 1.165) is 0 Å². The largest absolute Gasteiger partial charge is 0.374 e. The van der Waals surface area contributed by atoms with Gasteiger partial charge in [0, 0.05) is 14.2 Å². The van der Waals surface area contributed by atoms with Crippen LogP contribution in [0.3, 0.4) is 0 Å². The van der Waals surface area contributed by atoms with Crippen molar-refractivity contribution in [3.05, 3.63) is 24.3 Å². The van der Waals surface area contributed by atoms with Gasteiger partial charge < -0.3 is 14.2 Å². The van der Waals surface area contributed by atoms with Crippen LogP contribution in [-0.4, -0.2) is 38.6 Å². The third-order valence-electron chi connectivity index (χ3n) is 3.02. The molecule has 1 rings (SSSR count). The lowest BCUT2D eigenvalue weighted by Crippen LogP contribution is -2.52. The fraction of sp³-hybridized carbons (Fsp3) is 0.571. The lowest BCUT2D eigenvalue weighted by atomic mass is 9.87. The van der Waals surface area contributed by atoms with Gasteiger partial charge in [0.2, 0.25) is 0 Å². The van der Waals surface area contributed by atoms with Crippen molar-refractivity contribution in [2.24, 2.45) is 0 Å². The SMILES string of the molecule is CC#CCOC(C)C1(OC)C=CC=CC1OC. The molecule has 1 aliphatic rings. The molecule has 0 N–H and O–H groups in total. The molecule has 0 aliphatic heterocycles. The van der Waals surface area contributed by atoms with E-state index in [1.165, 1.54) is 0 Å². The van der Waals surface area contributed by atoms with Crippen LogP contribution in [0.15, 0.2) is 24.3 Å². The summed E-state index contributed by atoms with van der Waals surface area (Å²) in [7, 11) is 3.33. The molecule has 0 fully saturated rings. The second kappa shape index (κ2) is 6.61. The zero-order valence-electron chi connectivity index (χ0n) is 10.9. The Labute approximate surface area is 103 Å². The normalized spacial score (nSPS) is 28.6. The van der Waals surface area contributed by atoms with Crippen molar-refractivity contribution in [3.63, 3.8) is 0 Å². The molecule has 0 amide bonds. The molecule has 3 nitrogen and oxygen atoms in total. The Bertz CT molecular complexity index is 348. The van der Waals surface area contributed by atoms with Gasteiger partial charge in [-0.1, -0.05) is 24.1 Å². The summed E-state index contributed by atoms with van der Waals surface area (Å²) in [6.45, 7) is 4.16. The van der Waals surface area contributed by atoms with Crippen molar-refractivity contribution < 1.29 is 14.2 Å². The second-order valence-corrected chi connectivity index (χ2v) is 3.84. The van der Waals surface area contributed by atoms with Crippen molar-refractivity contribution in [2.75, 3.05) is 20.8 Å². The molecular weight excluding hydrogens is 216 g/mol. The van der Waals surface area contributed by atoms with Crippen LogP contribution in [-0.2, 0) is 14.2 Å². The first-order chi connectivity index (χ1) is 8.21. The van der Waals surface area contributed by atoms with Gasteiger partial charge in [-0.3, -0.25) is 0 Å². The first-order valence-corrected chi connectivity index (χ1v) is 5.66. The molecule has 3 atom stereocenters. The zero-order valence-corrected chi connectivity index (χ0v) is 10.9. The van der Waals surface area contributed by atoms with Crippen LogP contribution in [0.5, 0.6) is 0 Å². The fourth-order valence-electron chi connectivity index (χ4n) is 1.97. The second-order valence-electron chi connectivity index (χ2n) is 3.84. The third-order valence-corrected chi connectivity index (χ3v) is 3.02. The van der Waals surface area contributed by atoms with Crippen LogP contribution in [0.25, 0.3) is 0 Å². The van der Waals surface area contributed by atoms with E-state index < -0.39 is 5.60 Å². The van der Waals surface area contributed by atoms with E-state index in [1.807, 2.05) is 31.2 Å². The lowest BCUT2D eigenvalue weighted by molar-refractivity contribution is -0.141. The molecule has 3 unspecified atom stereocenters. The van der Waals surface area contributed by atoms with Crippen LogP contribution in [0, 0.1) is 11.8 Å². The Hall–Kier alpha value is -1.08. The van der Waals surface area contributed by atoms with Crippen molar-refractivity contribution in [3.8, 4) is 11.8 Å². The van der Waals surface area contributed by atoms with Gasteiger partial charge in [0.25, 0.3) is 0 Å². The van der Waals surface area contributed by atoms with Gasteiger partial charge in [0.1, 0.15) is 18.3 Å². The molecule has 0 heterocycles. The van der Waals surface area contributed by atoms with Gasteiger partial charge in [0.05, 0.1) is 6.10 Å².